The molecule has 0 unspecified atom stereocenters. The molecule has 0 heterocycles. The van der Waals surface area contributed by atoms with Crippen LogP contribution in [0, 0.1) is 0 Å². The Balaban J connectivity index is 0.00000162. The number of aromatic carboxylic acids is 1. The smallest absolute Gasteiger partial charge is 1.00 e. The van der Waals surface area contributed by atoms with Gasteiger partial charge in [0.1, 0.15) is 5.69 Å². The van der Waals surface area contributed by atoms with Gasteiger partial charge in [-0.3, -0.25) is 0 Å². The van der Waals surface area contributed by atoms with Crippen molar-refractivity contribution in [3.63, 3.8) is 0 Å². The molecule has 0 bridgehead atoms. The van der Waals surface area contributed by atoms with E-state index in [1.54, 1.807) is 30.3 Å². The Morgan fingerprint density at radius 3 is 2.22 bits per heavy atom. The second-order valence-corrected chi connectivity index (χ2v) is 3.36. The van der Waals surface area contributed by atoms with E-state index in [0.29, 0.717) is 11.4 Å². The fourth-order valence-electron chi connectivity index (χ4n) is 1.35. The number of carboxylic acids is 1. The minimum atomic E-state index is -1.01. The van der Waals surface area contributed by atoms with E-state index in [1.165, 1.54) is 6.07 Å². The van der Waals surface area contributed by atoms with Crippen molar-refractivity contribution in [2.75, 3.05) is 0 Å². The fraction of sp³-hybridized carbons (Fsp3) is 0. The molecule has 0 aromatic heterocycles. The van der Waals surface area contributed by atoms with Crippen LogP contribution in [0.4, 0.5) is 11.4 Å². The molecule has 5 heteroatoms. The van der Waals surface area contributed by atoms with E-state index < -0.39 is 5.97 Å². The van der Waals surface area contributed by atoms with Crippen LogP contribution in [-0.4, -0.2) is 11.1 Å². The van der Waals surface area contributed by atoms with Gasteiger partial charge in [-0.25, -0.2) is 4.79 Å². The molecule has 0 radical (unpaired) electrons. The molecule has 0 amide bonds. The zero-order valence-electron chi connectivity index (χ0n) is 10.9. The van der Waals surface area contributed by atoms with Gasteiger partial charge in [-0.05, 0) is 24.3 Å². The molecule has 86 valence electrons. The summed E-state index contributed by atoms with van der Waals surface area (Å²) in [5.74, 6) is -1.01. The van der Waals surface area contributed by atoms with Gasteiger partial charge < -0.3 is 6.53 Å². The van der Waals surface area contributed by atoms with Crippen LogP contribution in [0.2, 0.25) is 0 Å². The van der Waals surface area contributed by atoms with Gasteiger partial charge in [0.05, 0.1) is 11.3 Å². The monoisotopic (exact) mass is 250 g/mol. The first-order chi connectivity index (χ1) is 8.27. The fourth-order valence-corrected chi connectivity index (χ4v) is 1.35. The molecule has 18 heavy (non-hydrogen) atoms. The summed E-state index contributed by atoms with van der Waals surface area (Å²) in [6, 6.07) is 15.7. The predicted octanol–water partition coefficient (Wildman–Crippen LogP) is 0.917. The molecule has 0 aliphatic carbocycles. The summed E-state index contributed by atoms with van der Waals surface area (Å²) >= 11 is 0. The van der Waals surface area contributed by atoms with Gasteiger partial charge in [-0.2, -0.15) is 5.11 Å². The standard InChI is InChI=1S/C13H10N2O2.Na.H/c16-13(17)11-8-4-5-9-12(11)15-14-10-6-2-1-3-7-10;;/h1-9H,(H,16,17);;/q;+1;-1. The van der Waals surface area contributed by atoms with Crippen LogP contribution in [0.25, 0.3) is 0 Å². The quantitative estimate of drug-likeness (QED) is 0.650. The summed E-state index contributed by atoms with van der Waals surface area (Å²) in [6.07, 6.45) is 0. The van der Waals surface area contributed by atoms with Crippen molar-refractivity contribution in [1.82, 2.24) is 0 Å². The third kappa shape index (κ3) is 3.77. The maximum absolute atomic E-state index is 10.9. The third-order valence-corrected chi connectivity index (χ3v) is 2.16. The van der Waals surface area contributed by atoms with Crippen LogP contribution in [0.3, 0.4) is 0 Å². The SMILES string of the molecule is O=C(O)c1ccccc1N=Nc1ccccc1.[H-].[Na+]. The van der Waals surface area contributed by atoms with Gasteiger partial charge in [0.15, 0.2) is 0 Å². The number of benzene rings is 2. The third-order valence-electron chi connectivity index (χ3n) is 2.16. The maximum atomic E-state index is 10.9. The van der Waals surface area contributed by atoms with Gasteiger partial charge in [0.25, 0.3) is 0 Å². The van der Waals surface area contributed by atoms with Gasteiger partial charge in [0, 0.05) is 0 Å². The van der Waals surface area contributed by atoms with Gasteiger partial charge in [-0.1, -0.05) is 30.3 Å². The summed E-state index contributed by atoms with van der Waals surface area (Å²) in [6.45, 7) is 0. The molecule has 1 N–H and O–H groups in total. The number of hydrogen-bond donors (Lipinski definition) is 1. The number of hydrogen-bond acceptors (Lipinski definition) is 3. The molecule has 0 fully saturated rings. The van der Waals surface area contributed by atoms with Crippen molar-refractivity contribution >= 4 is 17.3 Å². The Kier molecular flexibility index (Phi) is 5.71. The average Bonchev–Trinajstić information content (AvgIpc) is 2.38. The summed E-state index contributed by atoms with van der Waals surface area (Å²) in [5, 5.41) is 16.9. The number of nitrogens with zero attached hydrogens (tertiary/aromatic N) is 2. The zero-order valence-corrected chi connectivity index (χ0v) is 11.9. The van der Waals surface area contributed by atoms with Crippen molar-refractivity contribution in [2.24, 2.45) is 10.2 Å². The van der Waals surface area contributed by atoms with E-state index >= 15 is 0 Å². The molecule has 2 aromatic carbocycles. The van der Waals surface area contributed by atoms with Gasteiger partial charge in [-0.15, -0.1) is 5.11 Å². The molecule has 2 rings (SSSR count). The van der Waals surface area contributed by atoms with Crippen molar-refractivity contribution in [3.8, 4) is 0 Å². The Hall–Kier alpha value is -1.49. The molecule has 0 saturated carbocycles. The maximum Gasteiger partial charge on any atom is 1.00 e. The van der Waals surface area contributed by atoms with Crippen LogP contribution in [0.5, 0.6) is 0 Å². The van der Waals surface area contributed by atoms with Crippen LogP contribution in [0.15, 0.2) is 64.8 Å². The van der Waals surface area contributed by atoms with E-state index in [2.05, 4.69) is 10.2 Å². The Labute approximate surface area is 128 Å². The molecule has 0 spiro atoms. The van der Waals surface area contributed by atoms with E-state index in [9.17, 15) is 4.79 Å². The summed E-state index contributed by atoms with van der Waals surface area (Å²) < 4.78 is 0. The van der Waals surface area contributed by atoms with Crippen molar-refractivity contribution in [1.29, 1.82) is 0 Å². The van der Waals surface area contributed by atoms with E-state index in [-0.39, 0.29) is 36.5 Å². The molecule has 2 aromatic rings. The van der Waals surface area contributed by atoms with Crippen LogP contribution in [0.1, 0.15) is 11.8 Å². The number of carboxylic acid groups (broad SMARTS) is 1. The van der Waals surface area contributed by atoms with E-state index in [0.717, 1.165) is 0 Å². The molecule has 4 nitrogen and oxygen atoms in total. The van der Waals surface area contributed by atoms with Crippen molar-refractivity contribution in [2.45, 2.75) is 0 Å². The topological polar surface area (TPSA) is 62.0 Å². The van der Waals surface area contributed by atoms with E-state index in [4.69, 9.17) is 5.11 Å². The predicted molar refractivity (Wildman–Crippen MR) is 65.1 cm³/mol. The van der Waals surface area contributed by atoms with Crippen molar-refractivity contribution in [3.05, 3.63) is 60.2 Å². The van der Waals surface area contributed by atoms with Crippen LogP contribution >= 0.6 is 0 Å². The molecular formula is C13H11N2NaO2. The van der Waals surface area contributed by atoms with E-state index in [1.807, 2.05) is 18.2 Å². The Morgan fingerprint density at radius 1 is 0.944 bits per heavy atom. The molecule has 0 saturated heterocycles. The molecule has 0 aliphatic heterocycles. The second kappa shape index (κ2) is 7.06. The summed E-state index contributed by atoms with van der Waals surface area (Å²) in [7, 11) is 0. The van der Waals surface area contributed by atoms with Gasteiger partial charge in [0.2, 0.25) is 0 Å². The number of rotatable bonds is 3. The average molecular weight is 250 g/mol. The first kappa shape index (κ1) is 14.6. The largest absolute Gasteiger partial charge is 1.00 e. The van der Waals surface area contributed by atoms with Crippen LogP contribution < -0.4 is 29.6 Å². The number of carbonyl (C=O) groups is 1. The zero-order chi connectivity index (χ0) is 12.1. The molecule has 0 aliphatic rings. The molecule has 0 atom stereocenters. The minimum absolute atomic E-state index is 0. The normalized spacial score (nSPS) is 10.0. The van der Waals surface area contributed by atoms with Crippen LogP contribution in [-0.2, 0) is 0 Å². The minimum Gasteiger partial charge on any atom is -1.00 e. The van der Waals surface area contributed by atoms with Crippen molar-refractivity contribution < 1.29 is 40.9 Å². The van der Waals surface area contributed by atoms with Gasteiger partial charge >= 0.3 is 35.5 Å². The Morgan fingerprint density at radius 2 is 1.56 bits per heavy atom. The summed E-state index contributed by atoms with van der Waals surface area (Å²) in [5.41, 5.74) is 1.18. The number of azo groups is 1. The first-order valence-corrected chi connectivity index (χ1v) is 5.06. The Bertz CT molecular complexity index is 562. The summed E-state index contributed by atoms with van der Waals surface area (Å²) in [4.78, 5) is 10.9. The molecular weight excluding hydrogens is 239 g/mol. The first-order valence-electron chi connectivity index (χ1n) is 5.06. The second-order valence-electron chi connectivity index (χ2n) is 3.36.